The predicted molar refractivity (Wildman–Crippen MR) is 54.8 cm³/mol. The number of Topliss-reactive ketones (excluding diaryl/α,β-unsaturated/α-hetero) is 1. The Kier molecular flexibility index (Phi) is 3.07. The minimum absolute atomic E-state index is 0.208. The molecule has 2 nitrogen and oxygen atoms in total. The third-order valence-electron chi connectivity index (χ3n) is 2.03. The first kappa shape index (κ1) is 9.78. The van der Waals surface area contributed by atoms with E-state index in [4.69, 9.17) is 5.73 Å². The summed E-state index contributed by atoms with van der Waals surface area (Å²) in [5.41, 5.74) is 8.08. The molecule has 13 heavy (non-hydrogen) atoms. The molecule has 0 aliphatic rings. The Hall–Kier alpha value is -1.31. The van der Waals surface area contributed by atoms with Crippen LogP contribution < -0.4 is 5.73 Å². The zero-order valence-corrected chi connectivity index (χ0v) is 8.13. The number of aryl methyl sites for hydroxylation is 1. The van der Waals surface area contributed by atoms with Crippen molar-refractivity contribution in [1.29, 1.82) is 0 Å². The molecular formula is C11H15NO. The van der Waals surface area contributed by atoms with Crippen molar-refractivity contribution in [2.75, 3.05) is 5.73 Å². The van der Waals surface area contributed by atoms with Gasteiger partial charge in [-0.25, -0.2) is 0 Å². The van der Waals surface area contributed by atoms with Gasteiger partial charge in [-0.05, 0) is 37.1 Å². The van der Waals surface area contributed by atoms with Crippen molar-refractivity contribution in [2.45, 2.75) is 26.7 Å². The van der Waals surface area contributed by atoms with E-state index in [0.29, 0.717) is 12.1 Å². The third kappa shape index (κ3) is 2.31. The summed E-state index contributed by atoms with van der Waals surface area (Å²) < 4.78 is 0. The van der Waals surface area contributed by atoms with E-state index in [2.05, 4.69) is 0 Å². The van der Waals surface area contributed by atoms with Crippen molar-refractivity contribution < 1.29 is 4.79 Å². The molecule has 0 unspecified atom stereocenters. The minimum atomic E-state index is 0.208. The molecule has 0 bridgehead atoms. The molecule has 0 heterocycles. The van der Waals surface area contributed by atoms with E-state index in [-0.39, 0.29) is 5.78 Å². The SMILES string of the molecule is CCCC(=O)c1ccc(N)cc1C. The van der Waals surface area contributed by atoms with Gasteiger partial charge in [0.05, 0.1) is 0 Å². The van der Waals surface area contributed by atoms with Gasteiger partial charge >= 0.3 is 0 Å². The zero-order chi connectivity index (χ0) is 9.84. The lowest BCUT2D eigenvalue weighted by atomic mass is 10.0. The van der Waals surface area contributed by atoms with Crippen LogP contribution in [-0.4, -0.2) is 5.78 Å². The molecular weight excluding hydrogens is 162 g/mol. The third-order valence-corrected chi connectivity index (χ3v) is 2.03. The number of nitrogens with two attached hydrogens (primary N) is 1. The summed E-state index contributed by atoms with van der Waals surface area (Å²) in [5, 5.41) is 0. The average Bonchev–Trinajstić information content (AvgIpc) is 2.04. The number of carbonyl (C=O) groups excluding carboxylic acids is 1. The highest BCUT2D eigenvalue weighted by Crippen LogP contribution is 2.14. The van der Waals surface area contributed by atoms with E-state index < -0.39 is 0 Å². The Morgan fingerprint density at radius 2 is 2.15 bits per heavy atom. The van der Waals surface area contributed by atoms with Crippen molar-refractivity contribution in [3.05, 3.63) is 29.3 Å². The van der Waals surface area contributed by atoms with Crippen molar-refractivity contribution in [1.82, 2.24) is 0 Å². The van der Waals surface area contributed by atoms with Gasteiger partial charge in [-0.15, -0.1) is 0 Å². The first-order valence-electron chi connectivity index (χ1n) is 4.54. The lowest BCUT2D eigenvalue weighted by Gasteiger charge is -2.04. The maximum Gasteiger partial charge on any atom is 0.163 e. The number of hydrogen-bond acceptors (Lipinski definition) is 2. The average molecular weight is 177 g/mol. The van der Waals surface area contributed by atoms with Crippen molar-refractivity contribution in [3.8, 4) is 0 Å². The Morgan fingerprint density at radius 3 is 2.69 bits per heavy atom. The first-order chi connectivity index (χ1) is 6.15. The summed E-state index contributed by atoms with van der Waals surface area (Å²) in [5.74, 6) is 0.208. The molecule has 70 valence electrons. The van der Waals surface area contributed by atoms with Crippen molar-refractivity contribution in [3.63, 3.8) is 0 Å². The fourth-order valence-corrected chi connectivity index (χ4v) is 1.36. The molecule has 0 saturated carbocycles. The summed E-state index contributed by atoms with van der Waals surface area (Å²) >= 11 is 0. The lowest BCUT2D eigenvalue weighted by molar-refractivity contribution is 0.0981. The van der Waals surface area contributed by atoms with Gasteiger partial charge in [0, 0.05) is 17.7 Å². The quantitative estimate of drug-likeness (QED) is 0.569. The summed E-state index contributed by atoms with van der Waals surface area (Å²) in [4.78, 5) is 11.5. The lowest BCUT2D eigenvalue weighted by Crippen LogP contribution is -2.01. The number of rotatable bonds is 3. The Morgan fingerprint density at radius 1 is 1.46 bits per heavy atom. The van der Waals surface area contributed by atoms with Crippen LogP contribution in [-0.2, 0) is 0 Å². The maximum absolute atomic E-state index is 11.5. The van der Waals surface area contributed by atoms with Gasteiger partial charge in [0.1, 0.15) is 0 Å². The second-order valence-electron chi connectivity index (χ2n) is 3.25. The summed E-state index contributed by atoms with van der Waals surface area (Å²) in [7, 11) is 0. The maximum atomic E-state index is 11.5. The molecule has 0 aliphatic heterocycles. The molecule has 2 heteroatoms. The van der Waals surface area contributed by atoms with Crippen LogP contribution in [0.2, 0.25) is 0 Å². The Labute approximate surface area is 78.8 Å². The highest BCUT2D eigenvalue weighted by atomic mass is 16.1. The van der Waals surface area contributed by atoms with Crippen LogP contribution in [0.3, 0.4) is 0 Å². The van der Waals surface area contributed by atoms with Crippen LogP contribution in [0, 0.1) is 6.92 Å². The van der Waals surface area contributed by atoms with E-state index in [0.717, 1.165) is 17.5 Å². The van der Waals surface area contributed by atoms with Crippen LogP contribution in [0.15, 0.2) is 18.2 Å². The van der Waals surface area contributed by atoms with Crippen LogP contribution in [0.1, 0.15) is 35.7 Å². The molecule has 0 spiro atoms. The van der Waals surface area contributed by atoms with E-state index in [1.165, 1.54) is 0 Å². The fourth-order valence-electron chi connectivity index (χ4n) is 1.36. The molecule has 0 aliphatic carbocycles. The van der Waals surface area contributed by atoms with Gasteiger partial charge in [0.2, 0.25) is 0 Å². The molecule has 0 saturated heterocycles. The molecule has 0 atom stereocenters. The molecule has 1 aromatic rings. The number of benzene rings is 1. The topological polar surface area (TPSA) is 43.1 Å². The van der Waals surface area contributed by atoms with Gasteiger partial charge in [-0.3, -0.25) is 4.79 Å². The normalized spacial score (nSPS) is 10.0. The molecule has 2 N–H and O–H groups in total. The minimum Gasteiger partial charge on any atom is -0.399 e. The predicted octanol–water partition coefficient (Wildman–Crippen LogP) is 2.56. The fraction of sp³-hybridized carbons (Fsp3) is 0.364. The summed E-state index contributed by atoms with van der Waals surface area (Å²) in [6, 6.07) is 5.42. The highest BCUT2D eigenvalue weighted by Gasteiger charge is 2.07. The van der Waals surface area contributed by atoms with Gasteiger partial charge in [0.25, 0.3) is 0 Å². The highest BCUT2D eigenvalue weighted by molar-refractivity contribution is 5.97. The monoisotopic (exact) mass is 177 g/mol. The van der Waals surface area contributed by atoms with E-state index in [9.17, 15) is 4.79 Å². The Bertz CT molecular complexity index is 318. The van der Waals surface area contributed by atoms with E-state index >= 15 is 0 Å². The zero-order valence-electron chi connectivity index (χ0n) is 8.13. The van der Waals surface area contributed by atoms with Gasteiger partial charge in [-0.2, -0.15) is 0 Å². The summed E-state index contributed by atoms with van der Waals surface area (Å²) in [6.45, 7) is 3.92. The molecule has 0 radical (unpaired) electrons. The largest absolute Gasteiger partial charge is 0.399 e. The number of carbonyl (C=O) groups is 1. The van der Waals surface area contributed by atoms with Crippen LogP contribution in [0.4, 0.5) is 5.69 Å². The number of ketones is 1. The molecule has 1 aromatic carbocycles. The van der Waals surface area contributed by atoms with Crippen molar-refractivity contribution >= 4 is 11.5 Å². The number of hydrogen-bond donors (Lipinski definition) is 1. The number of anilines is 1. The summed E-state index contributed by atoms with van der Waals surface area (Å²) in [6.07, 6.45) is 1.51. The first-order valence-corrected chi connectivity index (χ1v) is 4.54. The van der Waals surface area contributed by atoms with Crippen LogP contribution in [0.5, 0.6) is 0 Å². The second-order valence-corrected chi connectivity index (χ2v) is 3.25. The van der Waals surface area contributed by atoms with Crippen LogP contribution >= 0.6 is 0 Å². The van der Waals surface area contributed by atoms with Gasteiger partial charge in [0.15, 0.2) is 5.78 Å². The Balaban J connectivity index is 2.95. The molecule has 0 fully saturated rings. The van der Waals surface area contributed by atoms with Gasteiger partial charge < -0.3 is 5.73 Å². The van der Waals surface area contributed by atoms with Crippen molar-refractivity contribution in [2.24, 2.45) is 0 Å². The second kappa shape index (κ2) is 4.08. The van der Waals surface area contributed by atoms with Gasteiger partial charge in [-0.1, -0.05) is 6.92 Å². The molecule has 0 amide bonds. The van der Waals surface area contributed by atoms with E-state index in [1.54, 1.807) is 6.07 Å². The number of nitrogen functional groups attached to an aromatic ring is 1. The molecule has 0 aromatic heterocycles. The molecule has 1 rings (SSSR count). The smallest absolute Gasteiger partial charge is 0.163 e. The standard InChI is InChI=1S/C11H15NO/c1-3-4-11(13)10-6-5-9(12)7-8(10)2/h5-7H,3-4,12H2,1-2H3. The van der Waals surface area contributed by atoms with Crippen LogP contribution in [0.25, 0.3) is 0 Å². The van der Waals surface area contributed by atoms with E-state index in [1.807, 2.05) is 26.0 Å².